The first-order valence-electron chi connectivity index (χ1n) is 16.2. The smallest absolute Gasteiger partial charge is 0.328 e. The molecule has 9 unspecified atom stereocenters. The van der Waals surface area contributed by atoms with Crippen LogP contribution in [-0.4, -0.2) is 92.7 Å². The molecule has 0 radical (unpaired) electrons. The SMILES string of the molecule is CC(C)C(NC(=O)CCC(=O)OCC(=O)C1(O)CCC2C3CCC4=CC(=O)CCC4(C)C3C(O)CC21C)C(=O)NC(CO)C(=O)O. The predicted octanol–water partition coefficient (Wildman–Crippen LogP) is 0.815. The Hall–Kier alpha value is -3.16. The Kier molecular flexibility index (Phi) is 10.5. The summed E-state index contributed by atoms with van der Waals surface area (Å²) in [6, 6.07) is -2.66. The normalized spacial score (nSPS) is 34.7. The first-order chi connectivity index (χ1) is 21.5. The van der Waals surface area contributed by atoms with Crippen LogP contribution in [0.1, 0.15) is 85.5 Å². The summed E-state index contributed by atoms with van der Waals surface area (Å²) in [6.07, 6.45) is 3.81. The van der Waals surface area contributed by atoms with E-state index in [-0.39, 0.29) is 48.2 Å². The van der Waals surface area contributed by atoms with Crippen molar-refractivity contribution in [3.63, 3.8) is 0 Å². The van der Waals surface area contributed by atoms with Crippen LogP contribution in [0.2, 0.25) is 0 Å². The Morgan fingerprint density at radius 2 is 1.74 bits per heavy atom. The van der Waals surface area contributed by atoms with Crippen LogP contribution in [0.5, 0.6) is 0 Å². The van der Waals surface area contributed by atoms with Gasteiger partial charge < -0.3 is 35.8 Å². The molecule has 46 heavy (non-hydrogen) atoms. The molecular weight excluding hydrogens is 600 g/mol. The summed E-state index contributed by atoms with van der Waals surface area (Å²) in [4.78, 5) is 74.2. The second-order valence-electron chi connectivity index (χ2n) is 14.4. The zero-order valence-electron chi connectivity index (χ0n) is 27.0. The fraction of sp³-hybridized carbons (Fsp3) is 0.758. The maximum Gasteiger partial charge on any atom is 0.328 e. The molecule has 13 heteroatoms. The van der Waals surface area contributed by atoms with E-state index in [9.17, 15) is 39.0 Å². The van der Waals surface area contributed by atoms with Crippen LogP contribution in [0.25, 0.3) is 0 Å². The summed E-state index contributed by atoms with van der Waals surface area (Å²) in [5.74, 6) is -4.76. The van der Waals surface area contributed by atoms with Gasteiger partial charge in [0.2, 0.25) is 17.6 Å². The van der Waals surface area contributed by atoms with Crippen molar-refractivity contribution in [3.8, 4) is 0 Å². The topological polar surface area (TPSA) is 217 Å². The van der Waals surface area contributed by atoms with E-state index in [0.717, 1.165) is 18.4 Å². The second-order valence-corrected chi connectivity index (χ2v) is 14.4. The molecule has 3 saturated carbocycles. The van der Waals surface area contributed by atoms with E-state index in [1.807, 2.05) is 6.92 Å². The summed E-state index contributed by atoms with van der Waals surface area (Å²) in [6.45, 7) is 5.71. The highest BCUT2D eigenvalue weighted by Crippen LogP contribution is 2.67. The van der Waals surface area contributed by atoms with Crippen LogP contribution >= 0.6 is 0 Å². The number of amides is 2. The van der Waals surface area contributed by atoms with Gasteiger partial charge in [0, 0.05) is 18.3 Å². The summed E-state index contributed by atoms with van der Waals surface area (Å²) >= 11 is 0. The fourth-order valence-electron chi connectivity index (χ4n) is 8.93. The lowest BCUT2D eigenvalue weighted by Gasteiger charge is -2.60. The van der Waals surface area contributed by atoms with Crippen molar-refractivity contribution in [1.29, 1.82) is 0 Å². The molecule has 0 aromatic heterocycles. The number of hydrogen-bond donors (Lipinski definition) is 6. The van der Waals surface area contributed by atoms with Crippen LogP contribution in [0.3, 0.4) is 0 Å². The number of allylic oxidation sites excluding steroid dienone is 1. The Balaban J connectivity index is 1.33. The van der Waals surface area contributed by atoms with Crippen molar-refractivity contribution in [3.05, 3.63) is 11.6 Å². The molecule has 6 N–H and O–H groups in total. The number of nitrogens with one attached hydrogen (secondary N) is 2. The number of hydrogen-bond acceptors (Lipinski definition) is 10. The van der Waals surface area contributed by atoms with Gasteiger partial charge in [0.05, 0.1) is 19.1 Å². The third-order valence-corrected chi connectivity index (χ3v) is 11.5. The van der Waals surface area contributed by atoms with Gasteiger partial charge in [0.1, 0.15) is 17.7 Å². The van der Waals surface area contributed by atoms with Gasteiger partial charge in [0.25, 0.3) is 0 Å². The number of carboxylic acids is 1. The van der Waals surface area contributed by atoms with Gasteiger partial charge in [0.15, 0.2) is 12.4 Å². The van der Waals surface area contributed by atoms with Crippen molar-refractivity contribution in [2.45, 2.75) is 109 Å². The van der Waals surface area contributed by atoms with Crippen molar-refractivity contribution in [2.75, 3.05) is 13.2 Å². The molecule has 4 aliphatic rings. The number of rotatable bonds is 12. The first-order valence-corrected chi connectivity index (χ1v) is 16.2. The van der Waals surface area contributed by atoms with Gasteiger partial charge in [-0.25, -0.2) is 4.79 Å². The van der Waals surface area contributed by atoms with Gasteiger partial charge >= 0.3 is 11.9 Å². The number of aliphatic carboxylic acids is 1. The van der Waals surface area contributed by atoms with Crippen LogP contribution in [0, 0.1) is 34.5 Å². The lowest BCUT2D eigenvalue weighted by atomic mass is 9.45. The van der Waals surface area contributed by atoms with Gasteiger partial charge in [-0.3, -0.25) is 24.0 Å². The molecule has 0 spiro atoms. The van der Waals surface area contributed by atoms with Crippen molar-refractivity contribution in [2.24, 2.45) is 34.5 Å². The van der Waals surface area contributed by atoms with Crippen molar-refractivity contribution < 1.29 is 53.9 Å². The molecule has 0 aromatic carbocycles. The molecule has 0 bridgehead atoms. The molecule has 4 aliphatic carbocycles. The summed E-state index contributed by atoms with van der Waals surface area (Å²) < 4.78 is 5.18. The zero-order valence-corrected chi connectivity index (χ0v) is 27.0. The third kappa shape index (κ3) is 6.50. The largest absolute Gasteiger partial charge is 0.480 e. The van der Waals surface area contributed by atoms with Crippen molar-refractivity contribution in [1.82, 2.24) is 10.6 Å². The third-order valence-electron chi connectivity index (χ3n) is 11.5. The number of carbonyl (C=O) groups excluding carboxylic acids is 5. The number of fused-ring (bicyclic) bond motifs is 5. The Labute approximate surface area is 268 Å². The van der Waals surface area contributed by atoms with Gasteiger partial charge in [-0.05, 0) is 73.7 Å². The van der Waals surface area contributed by atoms with E-state index in [2.05, 4.69) is 17.6 Å². The number of carbonyl (C=O) groups is 6. The summed E-state index contributed by atoms with van der Waals surface area (Å²) in [5.41, 5.74) is -1.94. The average molecular weight is 649 g/mol. The molecular formula is C33H48N2O11. The minimum Gasteiger partial charge on any atom is -0.480 e. The molecule has 0 aromatic rings. The number of esters is 1. The Morgan fingerprint density at radius 1 is 1.04 bits per heavy atom. The Morgan fingerprint density at radius 3 is 2.37 bits per heavy atom. The van der Waals surface area contributed by atoms with Crippen LogP contribution in [-0.2, 0) is 33.5 Å². The minimum atomic E-state index is -1.80. The highest BCUT2D eigenvalue weighted by molar-refractivity contribution is 5.93. The fourth-order valence-corrected chi connectivity index (χ4v) is 8.93. The number of aliphatic hydroxyl groups is 3. The number of carboxylic acid groups (broad SMARTS) is 1. The van der Waals surface area contributed by atoms with E-state index in [0.29, 0.717) is 19.3 Å². The van der Waals surface area contributed by atoms with E-state index in [1.165, 1.54) is 0 Å². The number of Topliss-reactive ketones (excluding diaryl/α,β-unsaturated/α-hetero) is 1. The molecule has 13 nitrogen and oxygen atoms in total. The molecule has 0 heterocycles. The molecule has 0 aliphatic heterocycles. The van der Waals surface area contributed by atoms with Gasteiger partial charge in [-0.2, -0.15) is 0 Å². The maximum absolute atomic E-state index is 13.5. The van der Waals surface area contributed by atoms with Crippen LogP contribution < -0.4 is 10.6 Å². The summed E-state index contributed by atoms with van der Waals surface area (Å²) in [5, 5.41) is 46.2. The number of ether oxygens (including phenoxy) is 1. The number of aliphatic hydroxyl groups excluding tert-OH is 2. The number of ketones is 2. The molecule has 2 amide bonds. The highest BCUT2D eigenvalue weighted by Gasteiger charge is 2.68. The second kappa shape index (κ2) is 13.5. The van der Waals surface area contributed by atoms with E-state index >= 15 is 0 Å². The average Bonchev–Trinajstić information content (AvgIpc) is 3.26. The van der Waals surface area contributed by atoms with E-state index < -0.39 is 84.3 Å². The summed E-state index contributed by atoms with van der Waals surface area (Å²) in [7, 11) is 0. The molecule has 256 valence electrons. The van der Waals surface area contributed by atoms with Crippen LogP contribution in [0.4, 0.5) is 0 Å². The highest BCUT2D eigenvalue weighted by atomic mass is 16.5. The predicted molar refractivity (Wildman–Crippen MR) is 162 cm³/mol. The molecule has 9 atom stereocenters. The molecule has 4 rings (SSSR count). The molecule has 3 fully saturated rings. The van der Waals surface area contributed by atoms with Crippen molar-refractivity contribution >= 4 is 35.3 Å². The lowest BCUT2D eigenvalue weighted by molar-refractivity contribution is -0.184. The minimum absolute atomic E-state index is 0.0282. The zero-order chi connectivity index (χ0) is 34.2. The maximum atomic E-state index is 13.5. The Bertz CT molecular complexity index is 1300. The van der Waals surface area contributed by atoms with Gasteiger partial charge in [-0.1, -0.05) is 33.3 Å². The standard InChI is InChI=1S/C33H48N2O11/c1-17(2)28(29(42)34-22(15-36)30(43)44)35-25(40)7-8-26(41)46-16-24(39)33(45)12-10-21-20-6-5-18-13-19(37)9-11-31(18,3)27(20)23(38)14-32(21,33)4/h13,17,20-23,27-28,36,38,45H,5-12,14-16H2,1-4H3,(H,34,42)(H,35,40)(H,43,44). The van der Waals surface area contributed by atoms with E-state index in [1.54, 1.807) is 19.9 Å². The van der Waals surface area contributed by atoms with Crippen LogP contribution in [0.15, 0.2) is 11.6 Å². The molecule has 0 saturated heterocycles. The lowest BCUT2D eigenvalue weighted by Crippen LogP contribution is -2.62. The van der Waals surface area contributed by atoms with Gasteiger partial charge in [-0.15, -0.1) is 0 Å². The quantitative estimate of drug-likeness (QED) is 0.163. The van der Waals surface area contributed by atoms with E-state index in [4.69, 9.17) is 14.9 Å². The monoisotopic (exact) mass is 648 g/mol. The first kappa shape index (κ1) is 35.7.